The molecule has 0 aliphatic rings. The molecule has 1 heterocycles. The van der Waals surface area contributed by atoms with Gasteiger partial charge in [-0.1, -0.05) is 0 Å². The molecule has 0 saturated carbocycles. The topological polar surface area (TPSA) is 80.0 Å². The second-order valence-electron chi connectivity index (χ2n) is 4.34. The Morgan fingerprint density at radius 2 is 2.10 bits per heavy atom. The minimum Gasteiger partial charge on any atom is -0.352 e. The molecule has 0 aromatic carbocycles. The molecule has 8 heteroatoms. The van der Waals surface area contributed by atoms with E-state index in [4.69, 9.17) is 5.84 Å². The molecule has 0 spiro atoms. The predicted octanol–water partition coefficient (Wildman–Crippen LogP) is 2.14. The summed E-state index contributed by atoms with van der Waals surface area (Å²) < 4.78 is 35.8. The average molecular weight is 290 g/mol. The maximum atomic E-state index is 11.9. The number of nitrogens with one attached hydrogen (secondary N) is 2. The Balaban J connectivity index is 2.44. The van der Waals surface area contributed by atoms with E-state index in [1.165, 1.54) is 6.20 Å². The Morgan fingerprint density at radius 3 is 2.70 bits per heavy atom. The molecule has 1 aromatic heterocycles. The van der Waals surface area contributed by atoms with E-state index >= 15 is 0 Å². The number of hydrogen-bond acceptors (Lipinski definition) is 4. The SMILES string of the molecule is Cc1cc(NN)c(C(=O)NCCCCC(F)(F)F)cn1. The summed E-state index contributed by atoms with van der Waals surface area (Å²) in [6.07, 6.45) is -3.38. The van der Waals surface area contributed by atoms with Crippen molar-refractivity contribution >= 4 is 11.6 Å². The number of carbonyl (C=O) groups excluding carboxylic acids is 1. The summed E-state index contributed by atoms with van der Waals surface area (Å²) in [7, 11) is 0. The zero-order valence-electron chi connectivity index (χ0n) is 11.0. The van der Waals surface area contributed by atoms with E-state index in [9.17, 15) is 18.0 Å². The summed E-state index contributed by atoms with van der Waals surface area (Å²) in [6.45, 7) is 1.92. The molecule has 0 radical (unpaired) electrons. The molecule has 112 valence electrons. The first-order chi connectivity index (χ1) is 9.33. The molecule has 0 fully saturated rings. The predicted molar refractivity (Wildman–Crippen MR) is 69.0 cm³/mol. The molecule has 0 aliphatic carbocycles. The van der Waals surface area contributed by atoms with Gasteiger partial charge in [-0.15, -0.1) is 0 Å². The minimum atomic E-state index is -4.15. The molecule has 0 aliphatic heterocycles. The van der Waals surface area contributed by atoms with Crippen molar-refractivity contribution in [3.05, 3.63) is 23.5 Å². The van der Waals surface area contributed by atoms with Crippen molar-refractivity contribution in [1.82, 2.24) is 10.3 Å². The number of nitrogens with zero attached hydrogens (tertiary/aromatic N) is 1. The molecule has 1 rings (SSSR count). The Kier molecular flexibility index (Phi) is 5.75. The van der Waals surface area contributed by atoms with Crippen LogP contribution >= 0.6 is 0 Å². The molecule has 4 N–H and O–H groups in total. The molecular formula is C12H17F3N4O. The van der Waals surface area contributed by atoms with Gasteiger partial charge in [0.25, 0.3) is 5.91 Å². The van der Waals surface area contributed by atoms with Crippen LogP contribution in [0.2, 0.25) is 0 Å². The zero-order valence-corrected chi connectivity index (χ0v) is 11.0. The molecule has 0 bridgehead atoms. The summed E-state index contributed by atoms with van der Waals surface area (Å²) in [6, 6.07) is 1.61. The van der Waals surface area contributed by atoms with Gasteiger partial charge in [0.05, 0.1) is 11.3 Å². The maximum Gasteiger partial charge on any atom is 0.389 e. The van der Waals surface area contributed by atoms with Crippen molar-refractivity contribution in [2.45, 2.75) is 32.4 Å². The number of hydrazine groups is 1. The quantitative estimate of drug-likeness (QED) is 0.426. The van der Waals surface area contributed by atoms with Crippen LogP contribution in [0.4, 0.5) is 18.9 Å². The number of nitrogens with two attached hydrogens (primary N) is 1. The number of hydrogen-bond donors (Lipinski definition) is 3. The number of pyridine rings is 1. The van der Waals surface area contributed by atoms with Gasteiger partial charge >= 0.3 is 6.18 Å². The molecular weight excluding hydrogens is 273 g/mol. The summed E-state index contributed by atoms with van der Waals surface area (Å²) in [4.78, 5) is 15.8. The fourth-order valence-electron chi connectivity index (χ4n) is 1.61. The van der Waals surface area contributed by atoms with Crippen molar-refractivity contribution < 1.29 is 18.0 Å². The number of alkyl halides is 3. The first kappa shape index (κ1) is 16.2. The lowest BCUT2D eigenvalue weighted by Gasteiger charge is -2.10. The average Bonchev–Trinajstić information content (AvgIpc) is 2.36. The van der Waals surface area contributed by atoms with E-state index in [-0.39, 0.29) is 24.9 Å². The van der Waals surface area contributed by atoms with Gasteiger partial charge in [-0.05, 0) is 25.8 Å². The van der Waals surface area contributed by atoms with Gasteiger partial charge in [0.15, 0.2) is 0 Å². The smallest absolute Gasteiger partial charge is 0.352 e. The van der Waals surface area contributed by atoms with Crippen LogP contribution in [-0.2, 0) is 0 Å². The van der Waals surface area contributed by atoms with Gasteiger partial charge in [-0.25, -0.2) is 0 Å². The highest BCUT2D eigenvalue weighted by Gasteiger charge is 2.25. The second-order valence-corrected chi connectivity index (χ2v) is 4.34. The van der Waals surface area contributed by atoms with Crippen LogP contribution in [-0.4, -0.2) is 23.6 Å². The summed E-state index contributed by atoms with van der Waals surface area (Å²) in [5.74, 6) is 4.88. The number of carbonyl (C=O) groups is 1. The standard InChI is InChI=1S/C12H17F3N4O/c1-8-6-10(19-16)9(7-18-8)11(20)17-5-3-2-4-12(13,14)15/h6-7H,2-5,16H2,1H3,(H,17,20)(H,18,19). The summed E-state index contributed by atoms with van der Waals surface area (Å²) >= 11 is 0. The number of anilines is 1. The zero-order chi connectivity index (χ0) is 15.2. The van der Waals surface area contributed by atoms with E-state index in [1.807, 2.05) is 0 Å². The van der Waals surface area contributed by atoms with Gasteiger partial charge in [0.2, 0.25) is 0 Å². The van der Waals surface area contributed by atoms with E-state index in [0.717, 1.165) is 0 Å². The van der Waals surface area contributed by atoms with Gasteiger partial charge in [0.1, 0.15) is 0 Å². The number of halogens is 3. The third-order valence-corrected chi connectivity index (χ3v) is 2.61. The number of nitrogen functional groups attached to an aromatic ring is 1. The Labute approximate surface area is 114 Å². The Morgan fingerprint density at radius 1 is 1.40 bits per heavy atom. The van der Waals surface area contributed by atoms with Gasteiger partial charge < -0.3 is 10.7 Å². The van der Waals surface area contributed by atoms with E-state index in [1.54, 1.807) is 13.0 Å². The van der Waals surface area contributed by atoms with Crippen LogP contribution in [0.3, 0.4) is 0 Å². The van der Waals surface area contributed by atoms with Crippen LogP contribution in [0, 0.1) is 6.92 Å². The molecule has 0 unspecified atom stereocenters. The van der Waals surface area contributed by atoms with Crippen molar-refractivity contribution in [3.8, 4) is 0 Å². The molecule has 5 nitrogen and oxygen atoms in total. The van der Waals surface area contributed by atoms with Crippen molar-refractivity contribution in [2.75, 3.05) is 12.0 Å². The fraction of sp³-hybridized carbons (Fsp3) is 0.500. The van der Waals surface area contributed by atoms with Crippen LogP contribution in [0.25, 0.3) is 0 Å². The third kappa shape index (κ3) is 5.43. The minimum absolute atomic E-state index is 0.0159. The molecule has 1 aromatic rings. The Bertz CT molecular complexity index is 463. The lowest BCUT2D eigenvalue weighted by molar-refractivity contribution is -0.135. The Hall–Kier alpha value is -1.83. The number of aryl methyl sites for hydroxylation is 1. The van der Waals surface area contributed by atoms with Crippen LogP contribution in [0.15, 0.2) is 12.3 Å². The van der Waals surface area contributed by atoms with E-state index in [2.05, 4.69) is 15.7 Å². The normalized spacial score (nSPS) is 11.2. The number of amides is 1. The summed E-state index contributed by atoms with van der Waals surface area (Å²) in [5.41, 5.74) is 3.76. The number of unbranched alkanes of at least 4 members (excludes halogenated alkanes) is 1. The molecule has 0 saturated heterocycles. The molecule has 0 atom stereocenters. The monoisotopic (exact) mass is 290 g/mol. The molecule has 20 heavy (non-hydrogen) atoms. The molecule has 1 amide bonds. The second kappa shape index (κ2) is 7.09. The highest BCUT2D eigenvalue weighted by atomic mass is 19.4. The highest BCUT2D eigenvalue weighted by Crippen LogP contribution is 2.22. The maximum absolute atomic E-state index is 11.9. The van der Waals surface area contributed by atoms with Crippen molar-refractivity contribution in [1.29, 1.82) is 0 Å². The van der Waals surface area contributed by atoms with Crippen LogP contribution < -0.4 is 16.6 Å². The highest BCUT2D eigenvalue weighted by molar-refractivity contribution is 5.99. The van der Waals surface area contributed by atoms with Crippen molar-refractivity contribution in [2.24, 2.45) is 5.84 Å². The van der Waals surface area contributed by atoms with Crippen LogP contribution in [0.1, 0.15) is 35.3 Å². The fourth-order valence-corrected chi connectivity index (χ4v) is 1.61. The van der Waals surface area contributed by atoms with Crippen LogP contribution in [0.5, 0.6) is 0 Å². The van der Waals surface area contributed by atoms with E-state index < -0.39 is 18.5 Å². The first-order valence-electron chi connectivity index (χ1n) is 6.11. The van der Waals surface area contributed by atoms with Gasteiger partial charge in [0, 0.05) is 24.9 Å². The lowest BCUT2D eigenvalue weighted by atomic mass is 10.2. The lowest BCUT2D eigenvalue weighted by Crippen LogP contribution is -2.26. The largest absolute Gasteiger partial charge is 0.389 e. The number of rotatable bonds is 6. The van der Waals surface area contributed by atoms with E-state index in [0.29, 0.717) is 11.4 Å². The van der Waals surface area contributed by atoms with Gasteiger partial charge in [-0.2, -0.15) is 13.2 Å². The number of aromatic nitrogens is 1. The third-order valence-electron chi connectivity index (χ3n) is 2.61. The first-order valence-corrected chi connectivity index (χ1v) is 6.11. The summed E-state index contributed by atoms with van der Waals surface area (Å²) in [5, 5.41) is 2.54. The van der Waals surface area contributed by atoms with Gasteiger partial charge in [-0.3, -0.25) is 15.6 Å². The van der Waals surface area contributed by atoms with Crippen molar-refractivity contribution in [3.63, 3.8) is 0 Å².